The van der Waals surface area contributed by atoms with Crippen LogP contribution in [0.3, 0.4) is 0 Å². The molecule has 8 heteroatoms. The number of benzene rings is 2. The van der Waals surface area contributed by atoms with Crippen LogP contribution in [-0.4, -0.2) is 42.9 Å². The Hall–Kier alpha value is -3.68. The minimum absolute atomic E-state index is 0.0858. The fourth-order valence-electron chi connectivity index (χ4n) is 2.65. The van der Waals surface area contributed by atoms with Crippen molar-refractivity contribution in [1.82, 2.24) is 4.90 Å². The summed E-state index contributed by atoms with van der Waals surface area (Å²) in [5, 5.41) is 0. The summed E-state index contributed by atoms with van der Waals surface area (Å²) in [6, 6.07) is 11.7. The van der Waals surface area contributed by atoms with Crippen molar-refractivity contribution < 1.29 is 28.7 Å². The van der Waals surface area contributed by atoms with E-state index < -0.39 is 23.8 Å². The molecular weight excluding hydrogens is 352 g/mol. The molecule has 0 atom stereocenters. The van der Waals surface area contributed by atoms with Crippen LogP contribution in [0.15, 0.2) is 48.5 Å². The van der Waals surface area contributed by atoms with Gasteiger partial charge in [0.1, 0.15) is 5.75 Å². The van der Waals surface area contributed by atoms with Gasteiger partial charge in [0.2, 0.25) is 0 Å². The van der Waals surface area contributed by atoms with Crippen LogP contribution in [0.2, 0.25) is 0 Å². The quantitative estimate of drug-likeness (QED) is 0.455. The number of nitrogens with zero attached hydrogens (tertiary/aromatic N) is 2. The predicted octanol–water partition coefficient (Wildman–Crippen LogP) is 1.98. The number of imide groups is 2. The van der Waals surface area contributed by atoms with E-state index in [9.17, 15) is 19.2 Å². The first-order valence-corrected chi connectivity index (χ1v) is 7.97. The predicted molar refractivity (Wildman–Crippen MR) is 94.2 cm³/mol. The van der Waals surface area contributed by atoms with E-state index in [4.69, 9.17) is 4.74 Å². The van der Waals surface area contributed by atoms with Crippen LogP contribution < -0.4 is 9.64 Å². The molecule has 0 aliphatic carbocycles. The molecule has 0 saturated carbocycles. The molecule has 4 amide bonds. The molecule has 2 aromatic carbocycles. The van der Waals surface area contributed by atoms with Gasteiger partial charge in [-0.3, -0.25) is 14.5 Å². The zero-order chi connectivity index (χ0) is 19.6. The zero-order valence-electron chi connectivity index (χ0n) is 14.7. The van der Waals surface area contributed by atoms with Gasteiger partial charge in [0.15, 0.2) is 0 Å². The van der Waals surface area contributed by atoms with Crippen LogP contribution in [0.4, 0.5) is 10.5 Å². The van der Waals surface area contributed by atoms with Gasteiger partial charge < -0.3 is 9.47 Å². The Morgan fingerprint density at radius 2 is 1.52 bits per heavy atom. The third kappa shape index (κ3) is 3.37. The Kier molecular flexibility index (Phi) is 4.89. The molecule has 0 bridgehead atoms. The summed E-state index contributed by atoms with van der Waals surface area (Å²) in [7, 11) is 2.77. The largest absolute Gasteiger partial charge is 0.497 e. The summed E-state index contributed by atoms with van der Waals surface area (Å²) in [6.45, 7) is -0.0858. The van der Waals surface area contributed by atoms with Crippen LogP contribution >= 0.6 is 0 Å². The molecule has 27 heavy (non-hydrogen) atoms. The summed E-state index contributed by atoms with van der Waals surface area (Å²) >= 11 is 0. The second-order valence-electron chi connectivity index (χ2n) is 5.70. The molecule has 138 valence electrons. The molecule has 0 radical (unpaired) electrons. The minimum atomic E-state index is -0.920. The van der Waals surface area contributed by atoms with Gasteiger partial charge in [-0.25, -0.2) is 14.5 Å². The molecular formula is C19H16N2O6. The van der Waals surface area contributed by atoms with E-state index in [1.54, 1.807) is 24.3 Å². The average molecular weight is 368 g/mol. The lowest BCUT2D eigenvalue weighted by Crippen LogP contribution is -2.33. The van der Waals surface area contributed by atoms with E-state index >= 15 is 0 Å². The maximum absolute atomic E-state index is 12.6. The van der Waals surface area contributed by atoms with E-state index in [1.807, 2.05) is 0 Å². The van der Waals surface area contributed by atoms with Crippen LogP contribution in [-0.2, 0) is 20.9 Å². The van der Waals surface area contributed by atoms with Gasteiger partial charge in [0.05, 0.1) is 32.0 Å². The molecule has 1 fully saturated rings. The van der Waals surface area contributed by atoms with Crippen LogP contribution in [0.25, 0.3) is 0 Å². The second kappa shape index (κ2) is 7.28. The van der Waals surface area contributed by atoms with E-state index in [-0.39, 0.29) is 12.2 Å². The van der Waals surface area contributed by atoms with Gasteiger partial charge in [0, 0.05) is 0 Å². The van der Waals surface area contributed by atoms with Gasteiger partial charge in [0.25, 0.3) is 0 Å². The van der Waals surface area contributed by atoms with Gasteiger partial charge in [-0.1, -0.05) is 12.1 Å². The molecule has 3 rings (SSSR count). The number of methoxy groups -OCH3 is 2. The Labute approximate surface area is 154 Å². The van der Waals surface area contributed by atoms with Crippen molar-refractivity contribution in [3.63, 3.8) is 0 Å². The number of hydrogen-bond donors (Lipinski definition) is 0. The van der Waals surface area contributed by atoms with E-state index in [0.29, 0.717) is 16.9 Å². The third-order valence-electron chi connectivity index (χ3n) is 4.10. The van der Waals surface area contributed by atoms with Crippen LogP contribution in [0.1, 0.15) is 15.9 Å². The molecule has 1 aliphatic rings. The number of urea groups is 1. The van der Waals surface area contributed by atoms with Crippen LogP contribution in [0.5, 0.6) is 5.75 Å². The van der Waals surface area contributed by atoms with E-state index in [1.165, 1.54) is 38.5 Å². The summed E-state index contributed by atoms with van der Waals surface area (Å²) in [5.74, 6) is -1.76. The van der Waals surface area contributed by atoms with Crippen molar-refractivity contribution in [2.24, 2.45) is 0 Å². The van der Waals surface area contributed by atoms with Crippen molar-refractivity contribution in [2.75, 3.05) is 19.1 Å². The Balaban J connectivity index is 1.80. The lowest BCUT2D eigenvalue weighted by Gasteiger charge is -2.16. The molecule has 0 unspecified atom stereocenters. The number of rotatable bonds is 5. The van der Waals surface area contributed by atoms with Gasteiger partial charge in [-0.15, -0.1) is 0 Å². The number of hydrogen-bond acceptors (Lipinski definition) is 6. The van der Waals surface area contributed by atoms with Crippen molar-refractivity contribution in [2.45, 2.75) is 6.54 Å². The second-order valence-corrected chi connectivity index (χ2v) is 5.70. The highest BCUT2D eigenvalue weighted by molar-refractivity contribution is 6.52. The Bertz CT molecular complexity index is 905. The molecule has 0 spiro atoms. The topological polar surface area (TPSA) is 93.2 Å². The maximum atomic E-state index is 12.6. The van der Waals surface area contributed by atoms with Gasteiger partial charge in [-0.2, -0.15) is 0 Å². The SMILES string of the molecule is COC(=O)c1ccc(CN2C(=O)C(=O)N(c3ccc(OC)cc3)C2=O)cc1. The summed E-state index contributed by atoms with van der Waals surface area (Å²) in [6.07, 6.45) is 0. The lowest BCUT2D eigenvalue weighted by atomic mass is 10.1. The highest BCUT2D eigenvalue weighted by Gasteiger charge is 2.45. The van der Waals surface area contributed by atoms with Gasteiger partial charge >= 0.3 is 23.8 Å². The molecule has 8 nitrogen and oxygen atoms in total. The van der Waals surface area contributed by atoms with E-state index in [2.05, 4.69) is 4.74 Å². The minimum Gasteiger partial charge on any atom is -0.497 e. The lowest BCUT2D eigenvalue weighted by molar-refractivity contribution is -0.139. The summed E-state index contributed by atoms with van der Waals surface area (Å²) in [4.78, 5) is 50.3. The Morgan fingerprint density at radius 3 is 2.07 bits per heavy atom. The molecule has 1 saturated heterocycles. The van der Waals surface area contributed by atoms with E-state index in [0.717, 1.165) is 9.80 Å². The monoisotopic (exact) mass is 368 g/mol. The first-order chi connectivity index (χ1) is 13.0. The molecule has 0 N–H and O–H groups in total. The molecule has 1 heterocycles. The number of carbonyl (C=O) groups excluding carboxylic acids is 4. The number of amides is 4. The first-order valence-electron chi connectivity index (χ1n) is 7.97. The molecule has 0 aromatic heterocycles. The van der Waals surface area contributed by atoms with Crippen molar-refractivity contribution in [3.05, 3.63) is 59.7 Å². The first kappa shape index (κ1) is 18.1. The zero-order valence-corrected chi connectivity index (χ0v) is 14.7. The highest BCUT2D eigenvalue weighted by atomic mass is 16.5. The third-order valence-corrected chi connectivity index (χ3v) is 4.10. The summed E-state index contributed by atoms with van der Waals surface area (Å²) < 4.78 is 9.66. The van der Waals surface area contributed by atoms with Crippen molar-refractivity contribution >= 4 is 29.5 Å². The molecule has 2 aromatic rings. The summed E-state index contributed by atoms with van der Waals surface area (Å²) in [5.41, 5.74) is 1.22. The number of carbonyl (C=O) groups is 4. The number of ether oxygens (including phenoxy) is 2. The fraction of sp³-hybridized carbons (Fsp3) is 0.158. The standard InChI is InChI=1S/C19H16N2O6/c1-26-15-9-7-14(8-10-15)21-17(23)16(22)20(19(21)25)11-12-3-5-13(6-4-12)18(24)27-2/h3-10H,11H2,1-2H3. The smallest absolute Gasteiger partial charge is 0.339 e. The highest BCUT2D eigenvalue weighted by Crippen LogP contribution is 2.25. The van der Waals surface area contributed by atoms with Gasteiger partial charge in [-0.05, 0) is 42.0 Å². The Morgan fingerprint density at radius 1 is 0.889 bits per heavy atom. The maximum Gasteiger partial charge on any atom is 0.339 e. The van der Waals surface area contributed by atoms with Crippen molar-refractivity contribution in [1.29, 1.82) is 0 Å². The normalized spacial score (nSPS) is 13.9. The number of anilines is 1. The number of esters is 1. The van der Waals surface area contributed by atoms with Crippen LogP contribution in [0, 0.1) is 0 Å². The fourth-order valence-corrected chi connectivity index (χ4v) is 2.65. The average Bonchev–Trinajstić information content (AvgIpc) is 2.91. The van der Waals surface area contributed by atoms with Crippen molar-refractivity contribution in [3.8, 4) is 5.75 Å². The molecule has 1 aliphatic heterocycles.